The zero-order valence-corrected chi connectivity index (χ0v) is 16.0. The van der Waals surface area contributed by atoms with Crippen LogP contribution in [0.1, 0.15) is 64.2 Å². The fraction of sp³-hybridized carbons (Fsp3) is 0.600. The van der Waals surface area contributed by atoms with E-state index in [-0.39, 0.29) is 23.0 Å². The van der Waals surface area contributed by atoms with Gasteiger partial charge in [-0.25, -0.2) is 4.79 Å². The van der Waals surface area contributed by atoms with Crippen LogP contribution in [0.5, 0.6) is 0 Å². The highest BCUT2D eigenvalue weighted by Gasteiger charge is 2.42. The Morgan fingerprint density at radius 3 is 2.20 bits per heavy atom. The van der Waals surface area contributed by atoms with Gasteiger partial charge in [0, 0.05) is 24.9 Å². The molecule has 0 atom stereocenters. The van der Waals surface area contributed by atoms with Gasteiger partial charge >= 0.3 is 5.97 Å². The van der Waals surface area contributed by atoms with Gasteiger partial charge in [-0.15, -0.1) is 0 Å². The number of quaternary nitrogens is 1. The van der Waals surface area contributed by atoms with Crippen molar-refractivity contribution in [3.63, 3.8) is 0 Å². The number of carbonyl (C=O) groups is 2. The summed E-state index contributed by atoms with van der Waals surface area (Å²) in [7, 11) is 0. The summed E-state index contributed by atoms with van der Waals surface area (Å²) in [6.45, 7) is 11.1. The van der Waals surface area contributed by atoms with E-state index in [9.17, 15) is 9.59 Å². The first-order valence-electron chi connectivity index (χ1n) is 9.04. The largest absolute Gasteiger partial charge is 0.462 e. The number of amides is 1. The number of ether oxygens (including phenoxy) is 1. The number of piperidine rings is 1. The molecule has 5 heteroatoms. The van der Waals surface area contributed by atoms with Gasteiger partial charge in [0.2, 0.25) is 5.91 Å². The Hall–Kier alpha value is -1.88. The quantitative estimate of drug-likeness (QED) is 0.805. The Balaban J connectivity index is 1.93. The van der Waals surface area contributed by atoms with Crippen LogP contribution in [0, 0.1) is 5.92 Å². The zero-order valence-electron chi connectivity index (χ0n) is 16.0. The van der Waals surface area contributed by atoms with Gasteiger partial charge in [0.05, 0.1) is 23.2 Å². The first-order chi connectivity index (χ1) is 11.6. The average Bonchev–Trinajstić information content (AvgIpc) is 2.44. The molecule has 0 aliphatic carbocycles. The van der Waals surface area contributed by atoms with Gasteiger partial charge in [0.1, 0.15) is 0 Å². The minimum Gasteiger partial charge on any atom is -0.462 e. The number of hydrogen-bond donors (Lipinski definition) is 2. The number of rotatable bonds is 5. The summed E-state index contributed by atoms with van der Waals surface area (Å²) in [6.07, 6.45) is 2.59. The second-order valence-corrected chi connectivity index (χ2v) is 8.45. The summed E-state index contributed by atoms with van der Waals surface area (Å²) < 4.78 is 4.96. The average molecular weight is 347 g/mol. The normalized spacial score (nSPS) is 19.2. The topological polar surface area (TPSA) is 72.0 Å². The van der Waals surface area contributed by atoms with Crippen LogP contribution in [0.2, 0.25) is 0 Å². The molecule has 1 aromatic rings. The molecule has 138 valence electrons. The second-order valence-electron chi connectivity index (χ2n) is 8.45. The van der Waals surface area contributed by atoms with Crippen molar-refractivity contribution in [1.29, 1.82) is 0 Å². The van der Waals surface area contributed by atoms with Crippen molar-refractivity contribution in [3.05, 3.63) is 29.8 Å². The van der Waals surface area contributed by atoms with Gasteiger partial charge in [0.25, 0.3) is 0 Å². The van der Waals surface area contributed by atoms with Gasteiger partial charge < -0.3 is 15.4 Å². The molecule has 0 unspecified atom stereocenters. The summed E-state index contributed by atoms with van der Waals surface area (Å²) in [6, 6.07) is 6.84. The van der Waals surface area contributed by atoms with Crippen LogP contribution in [0.3, 0.4) is 0 Å². The highest BCUT2D eigenvalue weighted by Crippen LogP contribution is 2.29. The lowest BCUT2D eigenvalue weighted by Crippen LogP contribution is -3.05. The minimum atomic E-state index is -0.344. The molecule has 0 spiro atoms. The van der Waals surface area contributed by atoms with Crippen molar-refractivity contribution in [3.8, 4) is 0 Å². The van der Waals surface area contributed by atoms with Crippen molar-refractivity contribution >= 4 is 17.6 Å². The summed E-state index contributed by atoms with van der Waals surface area (Å²) >= 11 is 0. The second kappa shape index (κ2) is 7.56. The molecule has 1 aliphatic rings. The van der Waals surface area contributed by atoms with E-state index in [0.29, 0.717) is 30.2 Å². The Labute approximate surface area is 150 Å². The van der Waals surface area contributed by atoms with E-state index in [1.807, 2.05) is 0 Å². The fourth-order valence-corrected chi connectivity index (χ4v) is 4.26. The third-order valence-electron chi connectivity index (χ3n) is 4.56. The standard InChI is InChI=1S/C20H30N2O3/c1-6-25-18(24)15-7-9-16(10-8-15)21-17(23)11-14-12-19(2,3)22-20(4,5)13-14/h7-10,14,22H,6,11-13H2,1-5H3,(H,21,23)/p+1. The fourth-order valence-electron chi connectivity index (χ4n) is 4.26. The van der Waals surface area contributed by atoms with Crippen LogP contribution in [0.25, 0.3) is 0 Å². The molecule has 25 heavy (non-hydrogen) atoms. The van der Waals surface area contributed by atoms with Gasteiger partial charge in [-0.2, -0.15) is 0 Å². The maximum Gasteiger partial charge on any atom is 0.338 e. The van der Waals surface area contributed by atoms with Crippen LogP contribution in [0.15, 0.2) is 24.3 Å². The Kier molecular flexibility index (Phi) is 5.88. The first kappa shape index (κ1) is 19.4. The van der Waals surface area contributed by atoms with Crippen LogP contribution < -0.4 is 10.6 Å². The van der Waals surface area contributed by atoms with E-state index < -0.39 is 0 Å². The van der Waals surface area contributed by atoms with Crippen molar-refractivity contribution in [2.45, 2.75) is 65.0 Å². The van der Waals surface area contributed by atoms with Crippen LogP contribution in [-0.2, 0) is 9.53 Å². The van der Waals surface area contributed by atoms with E-state index in [2.05, 4.69) is 38.3 Å². The van der Waals surface area contributed by atoms with Crippen molar-refractivity contribution in [2.75, 3.05) is 11.9 Å². The lowest BCUT2D eigenvalue weighted by Gasteiger charge is -2.42. The molecule has 0 aromatic heterocycles. The Morgan fingerprint density at radius 1 is 1.12 bits per heavy atom. The van der Waals surface area contributed by atoms with Crippen LogP contribution >= 0.6 is 0 Å². The molecule has 5 nitrogen and oxygen atoms in total. The monoisotopic (exact) mass is 347 g/mol. The van der Waals surface area contributed by atoms with E-state index in [1.165, 1.54) is 0 Å². The lowest BCUT2D eigenvalue weighted by atomic mass is 9.74. The third kappa shape index (κ3) is 5.85. The van der Waals surface area contributed by atoms with Crippen LogP contribution in [0.4, 0.5) is 5.69 Å². The molecule has 1 aromatic carbocycles. The van der Waals surface area contributed by atoms with E-state index in [1.54, 1.807) is 31.2 Å². The number of carbonyl (C=O) groups excluding carboxylic acids is 2. The summed E-state index contributed by atoms with van der Waals surface area (Å²) in [5.41, 5.74) is 1.52. The first-order valence-corrected chi connectivity index (χ1v) is 9.04. The predicted octanol–water partition coefficient (Wildman–Crippen LogP) is 2.72. The summed E-state index contributed by atoms with van der Waals surface area (Å²) in [4.78, 5) is 24.1. The molecule has 2 rings (SSSR count). The lowest BCUT2D eigenvalue weighted by molar-refractivity contribution is -0.789. The molecule has 1 heterocycles. The van der Waals surface area contributed by atoms with Crippen molar-refractivity contribution < 1.29 is 19.6 Å². The number of hydrogen-bond acceptors (Lipinski definition) is 3. The highest BCUT2D eigenvalue weighted by atomic mass is 16.5. The van der Waals surface area contributed by atoms with E-state index in [0.717, 1.165) is 12.8 Å². The predicted molar refractivity (Wildman–Crippen MR) is 98.5 cm³/mol. The minimum absolute atomic E-state index is 0.0300. The third-order valence-corrected chi connectivity index (χ3v) is 4.56. The maximum atomic E-state index is 12.4. The Morgan fingerprint density at radius 2 is 1.68 bits per heavy atom. The van der Waals surface area contributed by atoms with E-state index in [4.69, 9.17) is 4.74 Å². The number of benzene rings is 1. The number of nitrogens with two attached hydrogens (primary N) is 1. The number of esters is 1. The van der Waals surface area contributed by atoms with Crippen LogP contribution in [-0.4, -0.2) is 29.6 Å². The molecule has 0 radical (unpaired) electrons. The van der Waals surface area contributed by atoms with Gasteiger partial charge in [-0.3, -0.25) is 4.79 Å². The summed E-state index contributed by atoms with van der Waals surface area (Å²) in [5.74, 6) is 0.0690. The highest BCUT2D eigenvalue weighted by molar-refractivity contribution is 5.93. The molecule has 1 amide bonds. The van der Waals surface area contributed by atoms with Gasteiger partial charge in [0.15, 0.2) is 0 Å². The maximum absolute atomic E-state index is 12.4. The molecule has 1 saturated heterocycles. The molecular weight excluding hydrogens is 316 g/mol. The van der Waals surface area contributed by atoms with Crippen molar-refractivity contribution in [2.24, 2.45) is 5.92 Å². The molecule has 0 bridgehead atoms. The molecule has 1 fully saturated rings. The Bertz CT molecular complexity index is 604. The van der Waals surface area contributed by atoms with Gasteiger partial charge in [-0.1, -0.05) is 0 Å². The molecule has 1 aliphatic heterocycles. The zero-order chi connectivity index (χ0) is 18.7. The van der Waals surface area contributed by atoms with E-state index >= 15 is 0 Å². The SMILES string of the molecule is CCOC(=O)c1ccc(NC(=O)CC2CC(C)(C)[NH2+]C(C)(C)C2)cc1. The number of anilines is 1. The molecular formula is C20H31N2O3+. The van der Waals surface area contributed by atoms with Gasteiger partial charge in [-0.05, 0) is 64.8 Å². The summed E-state index contributed by atoms with van der Waals surface area (Å²) in [5, 5.41) is 5.36. The smallest absolute Gasteiger partial charge is 0.338 e. The molecule has 3 N–H and O–H groups in total. The number of nitrogens with one attached hydrogen (secondary N) is 1. The van der Waals surface area contributed by atoms with Crippen molar-refractivity contribution in [1.82, 2.24) is 0 Å². The molecule has 0 saturated carbocycles.